The van der Waals surface area contributed by atoms with Crippen LogP contribution in [-0.2, 0) is 37.3 Å². The highest BCUT2D eigenvalue weighted by atomic mass is 35.5. The summed E-state index contributed by atoms with van der Waals surface area (Å²) in [6.07, 6.45) is 7.48. The van der Waals surface area contributed by atoms with Gasteiger partial charge < -0.3 is 28.7 Å². The number of carbonyl (C=O) groups excluding carboxylic acids is 1. The predicted molar refractivity (Wildman–Crippen MR) is 200 cm³/mol. The average Bonchev–Trinajstić information content (AvgIpc) is 3.12. The summed E-state index contributed by atoms with van der Waals surface area (Å²) in [7, 11) is 1.67. The number of sulfonamides is 1. The first kappa shape index (κ1) is 38.3. The summed E-state index contributed by atoms with van der Waals surface area (Å²) in [6.45, 7) is 5.48. The van der Waals surface area contributed by atoms with Crippen LogP contribution in [0.3, 0.4) is 0 Å². The molecule has 0 aromatic heterocycles. The van der Waals surface area contributed by atoms with Crippen LogP contribution >= 0.6 is 11.6 Å². The van der Waals surface area contributed by atoms with Crippen LogP contribution in [0.5, 0.6) is 5.75 Å². The Morgan fingerprint density at radius 2 is 1.78 bits per heavy atom. The number of benzene rings is 2. The van der Waals surface area contributed by atoms with Gasteiger partial charge in [-0.3, -0.25) is 4.79 Å². The fourth-order valence-electron chi connectivity index (χ4n) is 8.46. The van der Waals surface area contributed by atoms with Crippen LogP contribution in [0, 0.1) is 23.7 Å². The number of methoxy groups -OCH3 is 1. The average molecular weight is 746 g/mol. The second-order valence-corrected chi connectivity index (χ2v) is 17.6. The lowest BCUT2D eigenvalue weighted by atomic mass is 9.65. The van der Waals surface area contributed by atoms with Gasteiger partial charge in [0.2, 0.25) is 10.0 Å². The molecule has 1 saturated carbocycles. The Morgan fingerprint density at radius 3 is 2.51 bits per heavy atom. The Kier molecular flexibility index (Phi) is 12.9. The Balaban J connectivity index is 1.36. The van der Waals surface area contributed by atoms with Crippen LogP contribution in [0.1, 0.15) is 79.8 Å². The Labute approximate surface area is 309 Å². The number of amides is 1. The lowest BCUT2D eigenvalue weighted by Gasteiger charge is -2.48. The Morgan fingerprint density at radius 1 is 0.980 bits per heavy atom. The van der Waals surface area contributed by atoms with E-state index in [9.17, 15) is 13.2 Å². The van der Waals surface area contributed by atoms with E-state index in [1.807, 2.05) is 37.3 Å². The number of carbonyl (C=O) groups is 1. The maximum Gasteiger partial charge on any atom is 0.264 e. The number of nitrogens with zero attached hydrogens (tertiary/aromatic N) is 2. The van der Waals surface area contributed by atoms with E-state index in [2.05, 4.69) is 28.6 Å². The van der Waals surface area contributed by atoms with Crippen molar-refractivity contribution in [3.63, 3.8) is 0 Å². The lowest BCUT2D eigenvalue weighted by molar-refractivity contribution is -0.240. The minimum absolute atomic E-state index is 0.184. The predicted octanol–water partition coefficient (Wildman–Crippen LogP) is 6.29. The van der Waals surface area contributed by atoms with Gasteiger partial charge in [-0.25, -0.2) is 13.1 Å². The van der Waals surface area contributed by atoms with Gasteiger partial charge in [-0.2, -0.15) is 0 Å². The van der Waals surface area contributed by atoms with E-state index in [1.165, 1.54) is 5.56 Å². The Bertz CT molecular complexity index is 1600. The molecule has 12 heteroatoms. The van der Waals surface area contributed by atoms with Crippen molar-refractivity contribution in [3.8, 4) is 5.75 Å². The molecule has 51 heavy (non-hydrogen) atoms. The van der Waals surface area contributed by atoms with Crippen molar-refractivity contribution in [1.82, 2.24) is 9.62 Å². The van der Waals surface area contributed by atoms with Crippen LogP contribution < -0.4 is 14.4 Å². The molecule has 0 unspecified atom stereocenters. The summed E-state index contributed by atoms with van der Waals surface area (Å²) in [6, 6.07) is 11.5. The molecule has 10 nitrogen and oxygen atoms in total. The number of halogens is 1. The largest absolute Gasteiger partial charge is 0.487 e. The van der Waals surface area contributed by atoms with Crippen molar-refractivity contribution in [3.05, 3.63) is 58.1 Å². The minimum atomic E-state index is -4.02. The second kappa shape index (κ2) is 17.2. The van der Waals surface area contributed by atoms with E-state index in [1.54, 1.807) is 13.2 Å². The molecule has 1 N–H and O–H groups in total. The standard InChI is InChI=1S/C39H56ClN3O7S/c1-26-8-7-10-34(39-49-24-32(25-50-39)42(2)3)33-15-12-29(33)22-43-18-6-5-9-27-20-31(40)14-11-30(27)23-48-36-16-13-28(21-35(36)43)38(44)41-51(45,46)37(26)17-19-47-4/h11,13-14,16,20-21,26,29,32-34,37,39H,5-10,12,15,17-19,22-25H2,1-4H3,(H,41,44)/t26-,29-,32-,33+,34-,37+,39+/m0/s1. The van der Waals surface area contributed by atoms with Crippen molar-refractivity contribution in [1.29, 1.82) is 0 Å². The fraction of sp³-hybridized carbons (Fsp3) is 0.667. The Hall–Kier alpha value is -2.41. The summed E-state index contributed by atoms with van der Waals surface area (Å²) >= 11 is 6.39. The zero-order valence-corrected chi connectivity index (χ0v) is 32.2. The molecule has 3 heterocycles. The molecule has 0 spiro atoms. The molecular weight excluding hydrogens is 690 g/mol. The summed E-state index contributed by atoms with van der Waals surface area (Å²) in [5.74, 6) is 0.884. The topological polar surface area (TPSA) is 107 Å². The first-order chi connectivity index (χ1) is 24.5. The molecule has 1 saturated heterocycles. The molecule has 3 aliphatic heterocycles. The zero-order valence-electron chi connectivity index (χ0n) is 30.7. The molecule has 1 aliphatic carbocycles. The molecule has 2 bridgehead atoms. The van der Waals surface area contributed by atoms with Gasteiger partial charge in [-0.15, -0.1) is 0 Å². The molecule has 282 valence electrons. The molecule has 0 radical (unpaired) electrons. The number of rotatable bonds is 5. The van der Waals surface area contributed by atoms with Gasteiger partial charge in [-0.05, 0) is 125 Å². The number of likely N-dealkylation sites (N-methyl/N-ethyl adjacent to an activating group) is 1. The third-order valence-corrected chi connectivity index (χ3v) is 14.0. The van der Waals surface area contributed by atoms with Crippen LogP contribution in [0.4, 0.5) is 5.69 Å². The van der Waals surface area contributed by atoms with Gasteiger partial charge in [0.15, 0.2) is 6.29 Å². The quantitative estimate of drug-likeness (QED) is 0.378. The van der Waals surface area contributed by atoms with E-state index in [-0.39, 0.29) is 30.8 Å². The third kappa shape index (κ3) is 9.22. The van der Waals surface area contributed by atoms with Crippen molar-refractivity contribution < 1.29 is 32.2 Å². The van der Waals surface area contributed by atoms with Crippen LogP contribution in [0.25, 0.3) is 0 Å². The van der Waals surface area contributed by atoms with Gasteiger partial charge in [0.05, 0.1) is 30.2 Å². The number of hydrogen-bond donors (Lipinski definition) is 1. The van der Waals surface area contributed by atoms with Crippen molar-refractivity contribution in [2.45, 2.75) is 88.9 Å². The molecule has 2 aromatic rings. The summed E-state index contributed by atoms with van der Waals surface area (Å²) in [5, 5.41) is -0.0613. The molecule has 1 amide bonds. The number of aryl methyl sites for hydroxylation is 1. The third-order valence-electron chi connectivity index (χ3n) is 11.8. The van der Waals surface area contributed by atoms with Crippen LogP contribution in [-0.4, -0.2) is 90.9 Å². The van der Waals surface area contributed by atoms with E-state index in [0.29, 0.717) is 60.8 Å². The van der Waals surface area contributed by atoms with Crippen molar-refractivity contribution >= 4 is 33.2 Å². The maximum atomic E-state index is 13.9. The van der Waals surface area contributed by atoms with Gasteiger partial charge in [0.25, 0.3) is 5.91 Å². The normalized spacial score (nSPS) is 30.5. The first-order valence-electron chi connectivity index (χ1n) is 18.8. The minimum Gasteiger partial charge on any atom is -0.487 e. The number of ether oxygens (including phenoxy) is 4. The first-order valence-corrected chi connectivity index (χ1v) is 20.7. The van der Waals surface area contributed by atoms with E-state index < -0.39 is 21.2 Å². The van der Waals surface area contributed by atoms with Crippen LogP contribution in [0.15, 0.2) is 36.4 Å². The van der Waals surface area contributed by atoms with Gasteiger partial charge in [0.1, 0.15) is 12.4 Å². The molecule has 6 rings (SSSR count). The molecule has 2 aromatic carbocycles. The van der Waals surface area contributed by atoms with Gasteiger partial charge in [-0.1, -0.05) is 31.0 Å². The molecule has 4 aliphatic rings. The smallest absolute Gasteiger partial charge is 0.264 e. The monoisotopic (exact) mass is 745 g/mol. The van der Waals surface area contributed by atoms with E-state index in [0.717, 1.165) is 69.3 Å². The van der Waals surface area contributed by atoms with E-state index >= 15 is 0 Å². The lowest BCUT2D eigenvalue weighted by Crippen LogP contribution is -2.50. The SMILES string of the molecule is COCC[C@@H]1[C@@H](C)CCC[C@H]([C@H]2OC[C@@H](N(C)C)CO2)[C@@H]2CC[C@H]2CN2CCCCc3cc(Cl)ccc3COc3ccc(cc32)C(=O)NS1(=O)=O. The molecule has 2 fully saturated rings. The highest BCUT2D eigenvalue weighted by Gasteiger charge is 2.44. The van der Waals surface area contributed by atoms with Crippen LogP contribution in [0.2, 0.25) is 5.02 Å². The summed E-state index contributed by atoms with van der Waals surface area (Å²) in [5.41, 5.74) is 3.38. The summed E-state index contributed by atoms with van der Waals surface area (Å²) < 4.78 is 55.1. The van der Waals surface area contributed by atoms with Crippen molar-refractivity contribution in [2.24, 2.45) is 23.7 Å². The van der Waals surface area contributed by atoms with Gasteiger partial charge >= 0.3 is 0 Å². The van der Waals surface area contributed by atoms with E-state index in [4.69, 9.17) is 30.5 Å². The number of anilines is 1. The maximum absolute atomic E-state index is 13.9. The molecule has 5 atom stereocenters. The number of hydrogen-bond acceptors (Lipinski definition) is 9. The highest BCUT2D eigenvalue weighted by Crippen LogP contribution is 2.46. The molecular formula is C39H56ClN3O7S. The fourth-order valence-corrected chi connectivity index (χ4v) is 10.3. The number of nitrogens with one attached hydrogen (secondary N) is 1. The summed E-state index contributed by atoms with van der Waals surface area (Å²) in [4.78, 5) is 18.3. The highest BCUT2D eigenvalue weighted by molar-refractivity contribution is 7.90. The second-order valence-electron chi connectivity index (χ2n) is 15.3. The zero-order chi connectivity index (χ0) is 36.1. The van der Waals surface area contributed by atoms with Gasteiger partial charge in [0, 0.05) is 43.3 Å². The van der Waals surface area contributed by atoms with Crippen molar-refractivity contribution in [2.75, 3.05) is 59.0 Å². The number of fused-ring (bicyclic) bond motifs is 3.